The summed E-state index contributed by atoms with van der Waals surface area (Å²) in [5.74, 6) is 0.894. The quantitative estimate of drug-likeness (QED) is 0.890. The summed E-state index contributed by atoms with van der Waals surface area (Å²) in [7, 11) is 0. The fourth-order valence-electron chi connectivity index (χ4n) is 2.44. The molecule has 0 saturated heterocycles. The van der Waals surface area contributed by atoms with E-state index in [0.29, 0.717) is 27.7 Å². The van der Waals surface area contributed by atoms with Crippen molar-refractivity contribution in [2.24, 2.45) is 0 Å². The van der Waals surface area contributed by atoms with Gasteiger partial charge in [0.25, 0.3) is 0 Å². The molecular formula is C14H13Cl2N3. The summed E-state index contributed by atoms with van der Waals surface area (Å²) in [6.45, 7) is 0. The number of nitrogens with one attached hydrogen (secondary N) is 1. The smallest absolute Gasteiger partial charge is 0.147 e. The molecule has 0 aliphatic heterocycles. The Morgan fingerprint density at radius 1 is 1.11 bits per heavy atom. The third kappa shape index (κ3) is 2.48. The second-order valence-corrected chi connectivity index (χ2v) is 5.52. The van der Waals surface area contributed by atoms with Gasteiger partial charge in [0.05, 0.1) is 10.0 Å². The first-order valence-corrected chi connectivity index (χ1v) is 6.84. The topological polar surface area (TPSA) is 50.9 Å². The lowest BCUT2D eigenvalue weighted by Gasteiger charge is -2.14. The van der Waals surface area contributed by atoms with Crippen LogP contribution in [0.4, 0.5) is 11.6 Å². The Kier molecular flexibility index (Phi) is 3.25. The highest BCUT2D eigenvalue weighted by molar-refractivity contribution is 6.37. The molecule has 3 rings (SSSR count). The van der Waals surface area contributed by atoms with Gasteiger partial charge in [0.15, 0.2) is 0 Å². The van der Waals surface area contributed by atoms with Crippen molar-refractivity contribution in [2.75, 3.05) is 11.1 Å². The van der Waals surface area contributed by atoms with E-state index in [2.05, 4.69) is 34.6 Å². The number of nitrogens with two attached hydrogens (primary N) is 1. The highest BCUT2D eigenvalue weighted by Crippen LogP contribution is 2.30. The first kappa shape index (κ1) is 12.6. The van der Waals surface area contributed by atoms with Crippen LogP contribution in [0.15, 0.2) is 30.3 Å². The van der Waals surface area contributed by atoms with Crippen LogP contribution in [-0.4, -0.2) is 11.0 Å². The Labute approximate surface area is 121 Å². The predicted octanol–water partition coefficient (Wildman–Crippen LogP) is 3.55. The van der Waals surface area contributed by atoms with Gasteiger partial charge in [-0.15, -0.1) is 0 Å². The molecule has 1 aliphatic carbocycles. The Bertz CT molecular complexity index is 603. The Hall–Kier alpha value is -1.45. The molecule has 0 fully saturated rings. The number of fused-ring (bicyclic) bond motifs is 1. The molecule has 19 heavy (non-hydrogen) atoms. The van der Waals surface area contributed by atoms with Crippen molar-refractivity contribution in [2.45, 2.75) is 18.9 Å². The van der Waals surface area contributed by atoms with Crippen LogP contribution in [-0.2, 0) is 12.8 Å². The van der Waals surface area contributed by atoms with Gasteiger partial charge < -0.3 is 11.1 Å². The first-order chi connectivity index (χ1) is 9.13. The van der Waals surface area contributed by atoms with Crippen LogP contribution in [0.5, 0.6) is 0 Å². The highest BCUT2D eigenvalue weighted by Gasteiger charge is 2.22. The largest absolute Gasteiger partial charge is 0.382 e. The van der Waals surface area contributed by atoms with Gasteiger partial charge in [0.2, 0.25) is 0 Å². The van der Waals surface area contributed by atoms with Crippen LogP contribution in [0.3, 0.4) is 0 Å². The average molecular weight is 294 g/mol. The molecule has 1 aromatic carbocycles. The Morgan fingerprint density at radius 3 is 2.37 bits per heavy atom. The molecule has 1 aromatic heterocycles. The van der Waals surface area contributed by atoms with Crippen molar-refractivity contribution in [3.8, 4) is 0 Å². The van der Waals surface area contributed by atoms with E-state index in [0.717, 1.165) is 12.8 Å². The van der Waals surface area contributed by atoms with Gasteiger partial charge in [0, 0.05) is 6.04 Å². The number of rotatable bonds is 2. The van der Waals surface area contributed by atoms with Crippen LogP contribution in [0, 0.1) is 0 Å². The fourth-order valence-corrected chi connectivity index (χ4v) is 2.85. The monoisotopic (exact) mass is 293 g/mol. The van der Waals surface area contributed by atoms with E-state index in [1.807, 2.05) is 0 Å². The van der Waals surface area contributed by atoms with Crippen molar-refractivity contribution in [1.82, 2.24) is 4.98 Å². The van der Waals surface area contributed by atoms with E-state index >= 15 is 0 Å². The molecule has 3 nitrogen and oxygen atoms in total. The van der Waals surface area contributed by atoms with E-state index in [-0.39, 0.29) is 0 Å². The van der Waals surface area contributed by atoms with Gasteiger partial charge in [0.1, 0.15) is 11.6 Å². The second kappa shape index (κ2) is 4.91. The molecule has 3 N–H and O–H groups in total. The normalized spacial score (nSPS) is 14.4. The predicted molar refractivity (Wildman–Crippen MR) is 79.9 cm³/mol. The molecule has 2 aromatic rings. The molecule has 0 spiro atoms. The molecule has 0 unspecified atom stereocenters. The SMILES string of the molecule is Nc1nc(NC2Cc3ccccc3C2)c(Cl)cc1Cl. The van der Waals surface area contributed by atoms with Crippen molar-refractivity contribution in [1.29, 1.82) is 0 Å². The van der Waals surface area contributed by atoms with E-state index < -0.39 is 0 Å². The summed E-state index contributed by atoms with van der Waals surface area (Å²) in [6.07, 6.45) is 1.94. The van der Waals surface area contributed by atoms with Crippen molar-refractivity contribution in [3.05, 3.63) is 51.5 Å². The first-order valence-electron chi connectivity index (χ1n) is 6.08. The summed E-state index contributed by atoms with van der Waals surface area (Å²) in [4.78, 5) is 4.20. The lowest BCUT2D eigenvalue weighted by atomic mass is 10.1. The van der Waals surface area contributed by atoms with Gasteiger partial charge in [-0.1, -0.05) is 47.5 Å². The summed E-state index contributed by atoms with van der Waals surface area (Å²) in [5, 5.41) is 4.22. The van der Waals surface area contributed by atoms with E-state index in [9.17, 15) is 0 Å². The number of anilines is 2. The summed E-state index contributed by atoms with van der Waals surface area (Å²) in [6, 6.07) is 10.3. The Morgan fingerprint density at radius 2 is 1.74 bits per heavy atom. The van der Waals surface area contributed by atoms with Gasteiger partial charge >= 0.3 is 0 Å². The molecule has 5 heteroatoms. The summed E-state index contributed by atoms with van der Waals surface area (Å²) < 4.78 is 0. The van der Waals surface area contributed by atoms with Gasteiger partial charge in [-0.2, -0.15) is 0 Å². The van der Waals surface area contributed by atoms with Crippen LogP contribution < -0.4 is 11.1 Å². The van der Waals surface area contributed by atoms with Gasteiger partial charge in [-0.25, -0.2) is 4.98 Å². The molecule has 1 heterocycles. The van der Waals surface area contributed by atoms with Crippen LogP contribution in [0.25, 0.3) is 0 Å². The number of benzene rings is 1. The fraction of sp³-hybridized carbons (Fsp3) is 0.214. The number of hydrogen-bond donors (Lipinski definition) is 2. The zero-order valence-corrected chi connectivity index (χ0v) is 11.7. The maximum atomic E-state index is 6.13. The highest BCUT2D eigenvalue weighted by atomic mass is 35.5. The number of pyridine rings is 1. The number of nitrogens with zero attached hydrogens (tertiary/aromatic N) is 1. The molecule has 0 amide bonds. The second-order valence-electron chi connectivity index (χ2n) is 4.70. The third-order valence-corrected chi connectivity index (χ3v) is 3.94. The van der Waals surface area contributed by atoms with Crippen LogP contribution in [0.1, 0.15) is 11.1 Å². The van der Waals surface area contributed by atoms with E-state index in [1.54, 1.807) is 6.07 Å². The molecule has 98 valence electrons. The minimum atomic E-state index is 0.294. The van der Waals surface area contributed by atoms with Crippen molar-refractivity contribution >= 4 is 34.8 Å². The van der Waals surface area contributed by atoms with Crippen LogP contribution >= 0.6 is 23.2 Å². The average Bonchev–Trinajstić information content (AvgIpc) is 2.78. The maximum absolute atomic E-state index is 6.13. The molecule has 0 radical (unpaired) electrons. The molecule has 0 atom stereocenters. The Balaban J connectivity index is 1.79. The molecule has 0 bridgehead atoms. The van der Waals surface area contributed by atoms with Gasteiger partial charge in [-0.3, -0.25) is 0 Å². The minimum absolute atomic E-state index is 0.294. The van der Waals surface area contributed by atoms with Crippen molar-refractivity contribution in [3.63, 3.8) is 0 Å². The standard InChI is InChI=1S/C14H13Cl2N3/c15-11-7-12(16)14(19-13(11)17)18-10-5-8-3-1-2-4-9(8)6-10/h1-4,7,10H,5-6H2,(H3,17,18,19). The lowest BCUT2D eigenvalue weighted by Crippen LogP contribution is -2.20. The zero-order chi connectivity index (χ0) is 13.4. The van der Waals surface area contributed by atoms with E-state index in [4.69, 9.17) is 28.9 Å². The maximum Gasteiger partial charge on any atom is 0.147 e. The van der Waals surface area contributed by atoms with Gasteiger partial charge in [-0.05, 0) is 30.0 Å². The molecule has 1 aliphatic rings. The summed E-state index contributed by atoms with van der Waals surface area (Å²) in [5.41, 5.74) is 8.45. The summed E-state index contributed by atoms with van der Waals surface area (Å²) >= 11 is 12.0. The lowest BCUT2D eigenvalue weighted by molar-refractivity contribution is 0.769. The third-order valence-electron chi connectivity index (χ3n) is 3.35. The van der Waals surface area contributed by atoms with E-state index in [1.165, 1.54) is 11.1 Å². The zero-order valence-electron chi connectivity index (χ0n) is 10.2. The minimum Gasteiger partial charge on any atom is -0.382 e. The molecular weight excluding hydrogens is 281 g/mol. The number of halogens is 2. The number of nitrogen functional groups attached to an aromatic ring is 1. The molecule has 0 saturated carbocycles. The van der Waals surface area contributed by atoms with Crippen molar-refractivity contribution < 1.29 is 0 Å². The number of aromatic nitrogens is 1. The van der Waals surface area contributed by atoms with Crippen LogP contribution in [0.2, 0.25) is 10.0 Å². The number of hydrogen-bond acceptors (Lipinski definition) is 3.